The second kappa shape index (κ2) is 12.0. The van der Waals surface area contributed by atoms with Crippen LogP contribution in [0.3, 0.4) is 0 Å². The van der Waals surface area contributed by atoms with Gasteiger partial charge in [-0.3, -0.25) is 4.79 Å². The number of fused-ring (bicyclic) bond motifs is 1. The first-order valence-corrected chi connectivity index (χ1v) is 15.0. The highest BCUT2D eigenvalue weighted by atomic mass is 32.2. The number of ketones is 1. The van der Waals surface area contributed by atoms with Crippen molar-refractivity contribution >= 4 is 33.6 Å². The van der Waals surface area contributed by atoms with Crippen LogP contribution in [0.1, 0.15) is 61.4 Å². The van der Waals surface area contributed by atoms with Crippen molar-refractivity contribution in [2.24, 2.45) is 0 Å². The van der Waals surface area contributed by atoms with Gasteiger partial charge in [-0.15, -0.1) is 11.8 Å². The van der Waals surface area contributed by atoms with Crippen molar-refractivity contribution in [3.05, 3.63) is 65.6 Å². The lowest BCUT2D eigenvalue weighted by Gasteiger charge is -2.15. The molecule has 0 aliphatic carbocycles. The van der Waals surface area contributed by atoms with Gasteiger partial charge >= 0.3 is 6.03 Å². The highest BCUT2D eigenvalue weighted by Gasteiger charge is 2.27. The van der Waals surface area contributed by atoms with E-state index in [0.717, 1.165) is 41.4 Å². The number of benzene rings is 2. The zero-order valence-corrected chi connectivity index (χ0v) is 22.8. The van der Waals surface area contributed by atoms with Crippen molar-refractivity contribution in [3.63, 3.8) is 0 Å². The second-order valence-electron chi connectivity index (χ2n) is 8.95. The lowest BCUT2D eigenvalue weighted by molar-refractivity contribution is 0.0975. The minimum Gasteiger partial charge on any atom is -0.337 e. The summed E-state index contributed by atoms with van der Waals surface area (Å²) in [5.74, 6) is 1.83. The number of carbonyl (C=O) groups is 2. The van der Waals surface area contributed by atoms with Crippen LogP contribution in [-0.2, 0) is 23.0 Å². The van der Waals surface area contributed by atoms with Gasteiger partial charge in [-0.1, -0.05) is 62.7 Å². The summed E-state index contributed by atoms with van der Waals surface area (Å²) in [7, 11) is -4.07. The van der Waals surface area contributed by atoms with Gasteiger partial charge in [0.15, 0.2) is 5.78 Å². The molecule has 8 nitrogen and oxygen atoms in total. The number of urea groups is 1. The van der Waals surface area contributed by atoms with Gasteiger partial charge in [-0.2, -0.15) is 0 Å². The average Bonchev–Trinajstić information content (AvgIpc) is 3.24. The Morgan fingerprint density at radius 1 is 1.08 bits per heavy atom. The molecule has 0 atom stereocenters. The normalized spacial score (nSPS) is 13.3. The zero-order valence-electron chi connectivity index (χ0n) is 21.1. The van der Waals surface area contributed by atoms with Crippen LogP contribution in [0.4, 0.5) is 4.79 Å². The molecule has 0 fully saturated rings. The summed E-state index contributed by atoms with van der Waals surface area (Å²) in [5, 5.41) is 3.35. The molecule has 0 radical (unpaired) electrons. The number of hydrogen-bond acceptors (Lipinski definition) is 6. The minimum absolute atomic E-state index is 0.0301. The Morgan fingerprint density at radius 3 is 2.57 bits per heavy atom. The van der Waals surface area contributed by atoms with E-state index in [1.165, 1.54) is 6.07 Å². The smallest absolute Gasteiger partial charge is 0.328 e. The van der Waals surface area contributed by atoms with E-state index in [1.807, 2.05) is 35.8 Å². The Hall–Kier alpha value is -3.11. The lowest BCUT2D eigenvalue weighted by Crippen LogP contribution is -2.39. The molecule has 0 bridgehead atoms. The highest BCUT2D eigenvalue weighted by molar-refractivity contribution is 7.99. The van der Waals surface area contributed by atoms with E-state index in [-0.39, 0.29) is 10.7 Å². The molecule has 3 aromatic rings. The third-order valence-electron chi connectivity index (χ3n) is 6.15. The number of imidazole rings is 1. The number of aromatic nitrogens is 2. The molecule has 2 N–H and O–H groups in total. The Kier molecular flexibility index (Phi) is 8.71. The lowest BCUT2D eigenvalue weighted by atomic mass is 10.0. The van der Waals surface area contributed by atoms with E-state index in [2.05, 4.69) is 17.0 Å². The zero-order chi connectivity index (χ0) is 26.4. The molecule has 1 aromatic heterocycles. The Bertz CT molecular complexity index is 1380. The van der Waals surface area contributed by atoms with Crippen LogP contribution in [-0.4, -0.2) is 42.1 Å². The summed E-state index contributed by atoms with van der Waals surface area (Å²) in [5.41, 5.74) is 2.90. The number of amides is 2. The van der Waals surface area contributed by atoms with E-state index in [9.17, 15) is 18.0 Å². The van der Waals surface area contributed by atoms with E-state index >= 15 is 0 Å². The number of Topliss-reactive ketones (excluding diaryl/α,β-unsaturated/α-hetero) is 1. The quantitative estimate of drug-likeness (QED) is 0.374. The van der Waals surface area contributed by atoms with Crippen LogP contribution in [0.2, 0.25) is 0 Å². The molecular formula is C27H32N4O4S2. The van der Waals surface area contributed by atoms with Crippen molar-refractivity contribution in [3.8, 4) is 11.1 Å². The van der Waals surface area contributed by atoms with E-state index < -0.39 is 16.1 Å². The molecule has 2 aromatic carbocycles. The summed E-state index contributed by atoms with van der Waals surface area (Å²) in [6.45, 7) is 4.93. The fourth-order valence-corrected chi connectivity index (χ4v) is 6.43. The minimum atomic E-state index is -4.07. The number of nitrogens with one attached hydrogen (secondary N) is 2. The largest absolute Gasteiger partial charge is 0.337 e. The first kappa shape index (κ1) is 26.9. The van der Waals surface area contributed by atoms with Gasteiger partial charge in [0.2, 0.25) is 0 Å². The SMILES string of the molecule is CCCCc1nc2c(n1Cc1ccc(-c3ccccc3S(=O)(=O)NC(=O)NCCC)cc1)C(=O)CCS2. The summed E-state index contributed by atoms with van der Waals surface area (Å²) >= 11 is 1.64. The molecular weight excluding hydrogens is 508 g/mol. The van der Waals surface area contributed by atoms with Crippen molar-refractivity contribution < 1.29 is 18.0 Å². The number of nitrogens with zero attached hydrogens (tertiary/aromatic N) is 2. The van der Waals surface area contributed by atoms with E-state index in [4.69, 9.17) is 4.98 Å². The molecule has 0 saturated heterocycles. The molecule has 0 unspecified atom stereocenters. The summed E-state index contributed by atoms with van der Waals surface area (Å²) in [4.78, 5) is 29.6. The maximum absolute atomic E-state index is 13.0. The Morgan fingerprint density at radius 2 is 1.84 bits per heavy atom. The first-order valence-electron chi connectivity index (χ1n) is 12.6. The van der Waals surface area contributed by atoms with Crippen LogP contribution in [0, 0.1) is 0 Å². The van der Waals surface area contributed by atoms with Crippen molar-refractivity contribution in [1.29, 1.82) is 0 Å². The third-order valence-corrected chi connectivity index (χ3v) is 8.50. The molecule has 2 heterocycles. The number of unbranched alkanes of at least 4 members (excludes halogenated alkanes) is 1. The molecule has 4 rings (SSSR count). The Balaban J connectivity index is 1.60. The van der Waals surface area contributed by atoms with Gasteiger partial charge in [0.1, 0.15) is 16.5 Å². The molecule has 2 amide bonds. The number of rotatable bonds is 10. The number of aryl methyl sites for hydroxylation is 1. The summed E-state index contributed by atoms with van der Waals surface area (Å²) in [6.07, 6.45) is 4.09. The molecule has 37 heavy (non-hydrogen) atoms. The highest BCUT2D eigenvalue weighted by Crippen LogP contribution is 2.32. The molecule has 10 heteroatoms. The maximum atomic E-state index is 13.0. The van der Waals surface area contributed by atoms with Crippen LogP contribution in [0.5, 0.6) is 0 Å². The van der Waals surface area contributed by atoms with Gasteiger partial charge in [0, 0.05) is 37.2 Å². The number of sulfonamides is 1. The van der Waals surface area contributed by atoms with Crippen molar-refractivity contribution in [1.82, 2.24) is 19.6 Å². The second-order valence-corrected chi connectivity index (χ2v) is 11.7. The maximum Gasteiger partial charge on any atom is 0.328 e. The number of carbonyl (C=O) groups excluding carboxylic acids is 2. The van der Waals surface area contributed by atoms with Gasteiger partial charge in [-0.25, -0.2) is 22.9 Å². The van der Waals surface area contributed by atoms with Crippen LogP contribution in [0.15, 0.2) is 58.5 Å². The monoisotopic (exact) mass is 540 g/mol. The van der Waals surface area contributed by atoms with Crippen molar-refractivity contribution in [2.45, 2.75) is 62.4 Å². The third kappa shape index (κ3) is 6.24. The fourth-order valence-electron chi connectivity index (χ4n) is 4.26. The molecule has 196 valence electrons. The van der Waals surface area contributed by atoms with E-state index in [1.54, 1.807) is 30.0 Å². The van der Waals surface area contributed by atoms with Gasteiger partial charge in [0.25, 0.3) is 10.0 Å². The fraction of sp³-hybridized carbons (Fsp3) is 0.370. The van der Waals surface area contributed by atoms with Gasteiger partial charge in [-0.05, 0) is 30.0 Å². The standard InChI is InChI=1S/C27H32N4O4S2/c1-3-5-10-24-29-26-25(22(32)15-17-36-26)31(24)18-19-11-13-20(14-12-19)21-8-6-7-9-23(21)37(34,35)30-27(33)28-16-4-2/h6-9,11-14H,3-5,10,15-18H2,1-2H3,(H2,28,30,33). The average molecular weight is 541 g/mol. The number of hydrogen-bond donors (Lipinski definition) is 2. The van der Waals surface area contributed by atoms with Crippen molar-refractivity contribution in [2.75, 3.05) is 12.3 Å². The molecule has 0 spiro atoms. The van der Waals surface area contributed by atoms with Gasteiger partial charge < -0.3 is 9.88 Å². The number of thioether (sulfide) groups is 1. The molecule has 1 aliphatic heterocycles. The molecule has 0 saturated carbocycles. The Labute approximate surface area is 222 Å². The predicted octanol–water partition coefficient (Wildman–Crippen LogP) is 5.02. The van der Waals surface area contributed by atoms with Gasteiger partial charge in [0.05, 0.1) is 4.90 Å². The van der Waals surface area contributed by atoms with E-state index in [0.29, 0.717) is 42.8 Å². The predicted molar refractivity (Wildman–Crippen MR) is 146 cm³/mol. The van der Waals surface area contributed by atoms with Crippen LogP contribution >= 0.6 is 11.8 Å². The first-order chi connectivity index (χ1) is 17.8. The summed E-state index contributed by atoms with van der Waals surface area (Å²) in [6, 6.07) is 13.5. The molecule has 1 aliphatic rings. The van der Waals surface area contributed by atoms with Crippen LogP contribution in [0.25, 0.3) is 11.1 Å². The topological polar surface area (TPSA) is 110 Å². The van der Waals surface area contributed by atoms with Crippen LogP contribution < -0.4 is 10.0 Å². The summed E-state index contributed by atoms with van der Waals surface area (Å²) < 4.78 is 30.0.